The summed E-state index contributed by atoms with van der Waals surface area (Å²) < 4.78 is 8.42. The van der Waals surface area contributed by atoms with E-state index in [4.69, 9.17) is 4.74 Å². The minimum absolute atomic E-state index is 0.341. The molecule has 0 radical (unpaired) electrons. The molecule has 1 saturated carbocycles. The van der Waals surface area contributed by atoms with Crippen LogP contribution in [0, 0.1) is 0 Å². The zero-order valence-electron chi connectivity index (χ0n) is 19.6. The fourth-order valence-corrected chi connectivity index (χ4v) is 6.64. The number of para-hydroxylation sites is 1. The highest BCUT2D eigenvalue weighted by Crippen LogP contribution is 2.44. The highest BCUT2D eigenvalue weighted by atomic mass is 16.5. The second-order valence-corrected chi connectivity index (χ2v) is 10.3. The highest BCUT2D eigenvalue weighted by Gasteiger charge is 2.35. The molecule has 4 heteroatoms. The zero-order chi connectivity index (χ0) is 22.2. The molecule has 2 heterocycles. The van der Waals surface area contributed by atoms with Crippen LogP contribution in [0.15, 0.2) is 48.5 Å². The van der Waals surface area contributed by atoms with Gasteiger partial charge in [0.05, 0.1) is 6.04 Å². The van der Waals surface area contributed by atoms with Gasteiger partial charge in [-0.2, -0.15) is 0 Å². The molecule has 2 aliphatic carbocycles. The van der Waals surface area contributed by atoms with E-state index in [1.807, 2.05) is 30.3 Å². The van der Waals surface area contributed by atoms with Crippen molar-refractivity contribution in [2.45, 2.75) is 76.0 Å². The van der Waals surface area contributed by atoms with Crippen molar-refractivity contribution >= 4 is 10.9 Å². The lowest BCUT2D eigenvalue weighted by Gasteiger charge is -2.40. The molecule has 0 unspecified atom stereocenters. The van der Waals surface area contributed by atoms with Gasteiger partial charge in [0.15, 0.2) is 0 Å². The summed E-state index contributed by atoms with van der Waals surface area (Å²) in [4.78, 5) is 2.51. The van der Waals surface area contributed by atoms with E-state index in [9.17, 15) is 5.11 Å². The summed E-state index contributed by atoms with van der Waals surface area (Å²) in [5, 5.41) is 12.3. The van der Waals surface area contributed by atoms with Crippen molar-refractivity contribution in [1.82, 2.24) is 9.47 Å². The molecule has 0 amide bonds. The maximum atomic E-state index is 10.8. The van der Waals surface area contributed by atoms with Gasteiger partial charge in [-0.25, -0.2) is 0 Å². The number of hydrogen-bond donors (Lipinski definition) is 1. The molecule has 6 rings (SSSR count). The molecular weight excluding hydrogens is 408 g/mol. The van der Waals surface area contributed by atoms with Crippen molar-refractivity contribution in [2.75, 3.05) is 19.7 Å². The molecule has 0 bridgehead atoms. The molecule has 174 valence electrons. The lowest BCUT2D eigenvalue weighted by atomic mass is 9.83. The molecule has 1 aromatic heterocycles. The van der Waals surface area contributed by atoms with Gasteiger partial charge in [0.25, 0.3) is 0 Å². The van der Waals surface area contributed by atoms with Gasteiger partial charge in [0.2, 0.25) is 0 Å². The smallest absolute Gasteiger partial charge is 0.119 e. The van der Waals surface area contributed by atoms with E-state index in [0.717, 1.165) is 24.8 Å². The number of aliphatic hydroxyl groups excluding tert-OH is 1. The first-order valence-electron chi connectivity index (χ1n) is 13.0. The lowest BCUT2D eigenvalue weighted by Crippen LogP contribution is -2.44. The first-order chi connectivity index (χ1) is 16.3. The number of aromatic nitrogens is 1. The summed E-state index contributed by atoms with van der Waals surface area (Å²) >= 11 is 0. The Morgan fingerprint density at radius 1 is 0.939 bits per heavy atom. The minimum atomic E-state index is -0.482. The number of nitrogens with zero attached hydrogens (tertiary/aromatic N) is 2. The van der Waals surface area contributed by atoms with Crippen molar-refractivity contribution in [1.29, 1.82) is 0 Å². The molecule has 1 N–H and O–H groups in total. The van der Waals surface area contributed by atoms with E-state index in [1.54, 1.807) is 11.1 Å². The molecular formula is C29H36N2O2. The third kappa shape index (κ3) is 4.08. The number of aryl methyl sites for hydroxylation is 1. The van der Waals surface area contributed by atoms with Crippen molar-refractivity contribution in [2.24, 2.45) is 0 Å². The number of benzene rings is 2. The molecule has 0 spiro atoms. The van der Waals surface area contributed by atoms with Gasteiger partial charge in [-0.1, -0.05) is 43.5 Å². The van der Waals surface area contributed by atoms with Crippen LogP contribution in [0.1, 0.15) is 73.7 Å². The van der Waals surface area contributed by atoms with Crippen LogP contribution in [0.4, 0.5) is 0 Å². The van der Waals surface area contributed by atoms with Crippen LogP contribution in [0.5, 0.6) is 5.75 Å². The number of fused-ring (bicyclic) bond motifs is 3. The second-order valence-electron chi connectivity index (χ2n) is 10.3. The summed E-state index contributed by atoms with van der Waals surface area (Å²) in [6.07, 6.45) is 10.0. The average Bonchev–Trinajstić information content (AvgIpc) is 3.20. The maximum absolute atomic E-state index is 10.8. The van der Waals surface area contributed by atoms with E-state index < -0.39 is 6.10 Å². The van der Waals surface area contributed by atoms with Crippen molar-refractivity contribution < 1.29 is 9.84 Å². The Bertz CT molecular complexity index is 1100. The first kappa shape index (κ1) is 21.2. The quantitative estimate of drug-likeness (QED) is 0.520. The Balaban J connectivity index is 1.23. The van der Waals surface area contributed by atoms with Crippen LogP contribution in [-0.2, 0) is 13.0 Å². The van der Waals surface area contributed by atoms with Gasteiger partial charge in [0, 0.05) is 36.2 Å². The third-order valence-corrected chi connectivity index (χ3v) is 8.22. The van der Waals surface area contributed by atoms with Crippen LogP contribution in [0.2, 0.25) is 0 Å². The molecule has 4 nitrogen and oxygen atoms in total. The van der Waals surface area contributed by atoms with E-state index in [-0.39, 0.29) is 0 Å². The normalized spacial score (nSPS) is 22.3. The molecule has 0 saturated heterocycles. The predicted molar refractivity (Wildman–Crippen MR) is 133 cm³/mol. The molecule has 1 aliphatic heterocycles. The fourth-order valence-electron chi connectivity index (χ4n) is 6.64. The largest absolute Gasteiger partial charge is 0.491 e. The third-order valence-electron chi connectivity index (χ3n) is 8.22. The van der Waals surface area contributed by atoms with Gasteiger partial charge in [-0.05, 0) is 73.4 Å². The summed E-state index contributed by atoms with van der Waals surface area (Å²) in [6.45, 7) is 3.02. The van der Waals surface area contributed by atoms with Crippen LogP contribution >= 0.6 is 0 Å². The Morgan fingerprint density at radius 2 is 1.79 bits per heavy atom. The van der Waals surface area contributed by atoms with E-state index in [1.165, 1.54) is 68.0 Å². The van der Waals surface area contributed by atoms with Crippen LogP contribution in [0.25, 0.3) is 10.9 Å². The zero-order valence-corrected chi connectivity index (χ0v) is 19.6. The monoisotopic (exact) mass is 444 g/mol. The predicted octanol–water partition coefficient (Wildman–Crippen LogP) is 5.82. The summed E-state index contributed by atoms with van der Waals surface area (Å²) in [7, 11) is 0. The van der Waals surface area contributed by atoms with Crippen molar-refractivity contribution in [3.8, 4) is 5.75 Å². The number of hydrogen-bond acceptors (Lipinski definition) is 3. The van der Waals surface area contributed by atoms with Gasteiger partial charge in [0.1, 0.15) is 18.5 Å². The number of rotatable bonds is 6. The average molecular weight is 445 g/mol. The molecule has 2 atom stereocenters. The van der Waals surface area contributed by atoms with Crippen molar-refractivity contribution in [3.05, 3.63) is 65.4 Å². The summed E-state index contributed by atoms with van der Waals surface area (Å²) in [6, 6.07) is 17.6. The van der Waals surface area contributed by atoms with Crippen LogP contribution in [-0.4, -0.2) is 40.4 Å². The van der Waals surface area contributed by atoms with Gasteiger partial charge < -0.3 is 14.4 Å². The number of ether oxygens (including phenoxy) is 1. The topological polar surface area (TPSA) is 37.6 Å². The Morgan fingerprint density at radius 3 is 2.64 bits per heavy atom. The van der Waals surface area contributed by atoms with E-state index >= 15 is 0 Å². The summed E-state index contributed by atoms with van der Waals surface area (Å²) in [5.41, 5.74) is 6.10. The van der Waals surface area contributed by atoms with Crippen LogP contribution < -0.4 is 4.74 Å². The lowest BCUT2D eigenvalue weighted by molar-refractivity contribution is 0.0375. The standard InChI is InChI=1S/C29H36N2O2/c32-23(20-33-24-10-5-2-6-11-24)19-30-16-17-31-27-15-14-22(21-8-3-1-4-9-21)18-26(27)25-12-7-13-28(30)29(25)31/h2,5-6,10-11,14-15,18,21,23,28,32H,1,3-4,7-9,12-13,16-17,19-20H2/t23-,28-/m1/s1. The van der Waals surface area contributed by atoms with Gasteiger partial charge in [-0.15, -0.1) is 0 Å². The Hall–Kier alpha value is -2.30. The molecule has 3 aromatic rings. The Labute approximate surface area is 197 Å². The van der Waals surface area contributed by atoms with Crippen LogP contribution in [0.3, 0.4) is 0 Å². The molecule has 33 heavy (non-hydrogen) atoms. The number of aliphatic hydroxyl groups is 1. The highest BCUT2D eigenvalue weighted by molar-refractivity contribution is 5.87. The van der Waals surface area contributed by atoms with Gasteiger partial charge in [-0.3, -0.25) is 4.90 Å². The molecule has 1 fully saturated rings. The fraction of sp³-hybridized carbons (Fsp3) is 0.517. The van der Waals surface area contributed by atoms with E-state index in [0.29, 0.717) is 19.2 Å². The van der Waals surface area contributed by atoms with E-state index in [2.05, 4.69) is 27.7 Å². The SMILES string of the molecule is O[C@@H](COc1ccccc1)CN1CCn2c3c(c4cc(C5CCCCC5)ccc42)CCC[C@H]31. The minimum Gasteiger partial charge on any atom is -0.491 e. The van der Waals surface area contributed by atoms with Gasteiger partial charge >= 0.3 is 0 Å². The first-order valence-corrected chi connectivity index (χ1v) is 13.0. The molecule has 2 aromatic carbocycles. The Kier molecular flexibility index (Phi) is 5.89. The second kappa shape index (κ2) is 9.15. The molecule has 3 aliphatic rings. The summed E-state index contributed by atoms with van der Waals surface area (Å²) in [5.74, 6) is 1.58. The van der Waals surface area contributed by atoms with Crippen molar-refractivity contribution in [3.63, 3.8) is 0 Å². The maximum Gasteiger partial charge on any atom is 0.119 e. The number of β-amino-alcohol motifs (C(OH)–C–C–N with tert-alkyl or cyclic N) is 1.